The van der Waals surface area contributed by atoms with E-state index < -0.39 is 0 Å². The summed E-state index contributed by atoms with van der Waals surface area (Å²) < 4.78 is 6.72. The fraction of sp³-hybridized carbons (Fsp3) is 0.222. The molecule has 0 bridgehead atoms. The number of ether oxygens (including phenoxy) is 1. The van der Waals surface area contributed by atoms with Gasteiger partial charge in [-0.25, -0.2) is 9.38 Å². The van der Waals surface area contributed by atoms with Gasteiger partial charge in [0.15, 0.2) is 0 Å². The van der Waals surface area contributed by atoms with Gasteiger partial charge in [-0.05, 0) is 36.5 Å². The lowest BCUT2D eigenvalue weighted by Crippen LogP contribution is -2.25. The molecule has 1 aromatic carbocycles. The number of pyridine rings is 1. The number of hydrogen-bond acceptors (Lipinski definition) is 4. The Hall–Kier alpha value is -2.39. The normalized spacial score (nSPS) is 10.8. The van der Waals surface area contributed by atoms with Crippen molar-refractivity contribution in [3.8, 4) is 5.88 Å². The van der Waals surface area contributed by atoms with Crippen LogP contribution in [-0.4, -0.2) is 23.0 Å². The van der Waals surface area contributed by atoms with Crippen LogP contribution < -0.4 is 20.5 Å². The number of methoxy groups -OCH3 is 1. The maximum absolute atomic E-state index is 12.5. The monoisotopic (exact) mass is 341 g/mol. The highest BCUT2D eigenvalue weighted by molar-refractivity contribution is 7.27. The van der Waals surface area contributed by atoms with Crippen molar-refractivity contribution >= 4 is 25.9 Å². The zero-order valence-electron chi connectivity index (χ0n) is 13.8. The van der Waals surface area contributed by atoms with Gasteiger partial charge in [-0.1, -0.05) is 18.2 Å². The molecule has 0 aliphatic carbocycles. The Morgan fingerprint density at radius 1 is 1.21 bits per heavy atom. The summed E-state index contributed by atoms with van der Waals surface area (Å²) in [5, 5.41) is 1.14. The lowest BCUT2D eigenvalue weighted by Gasteiger charge is -2.23. The largest absolute Gasteiger partial charge is 0.482 e. The van der Waals surface area contributed by atoms with Crippen LogP contribution in [0.2, 0.25) is 0 Å². The summed E-state index contributed by atoms with van der Waals surface area (Å²) in [5.41, 5.74) is 2.30. The topological polar surface area (TPSA) is 46.8 Å². The van der Waals surface area contributed by atoms with E-state index >= 15 is 0 Å². The highest BCUT2D eigenvalue weighted by Crippen LogP contribution is 2.16. The molecule has 0 amide bonds. The summed E-state index contributed by atoms with van der Waals surface area (Å²) in [6.45, 7) is 3.50. The molecule has 0 spiro atoms. The summed E-state index contributed by atoms with van der Waals surface area (Å²) >= 11 is 0. The van der Waals surface area contributed by atoms with E-state index in [4.69, 9.17) is 4.74 Å². The molecule has 0 N–H and O–H groups in total. The molecular formula is C18H20N3O2P. The third-order valence-corrected chi connectivity index (χ3v) is 4.29. The van der Waals surface area contributed by atoms with Crippen molar-refractivity contribution in [1.29, 1.82) is 0 Å². The second-order valence-corrected chi connectivity index (χ2v) is 6.12. The molecule has 0 fully saturated rings. The van der Waals surface area contributed by atoms with Gasteiger partial charge in [-0.15, -0.1) is 9.24 Å². The first kappa shape index (κ1) is 16.5. The van der Waals surface area contributed by atoms with E-state index in [-0.39, 0.29) is 5.56 Å². The minimum absolute atomic E-state index is 0.135. The fourth-order valence-corrected chi connectivity index (χ4v) is 2.87. The van der Waals surface area contributed by atoms with E-state index in [1.165, 1.54) is 4.40 Å². The number of rotatable bonds is 5. The van der Waals surface area contributed by atoms with E-state index in [2.05, 4.69) is 50.3 Å². The van der Waals surface area contributed by atoms with Crippen LogP contribution in [0.3, 0.4) is 0 Å². The van der Waals surface area contributed by atoms with Crippen molar-refractivity contribution in [3.05, 3.63) is 64.6 Å². The van der Waals surface area contributed by atoms with Crippen LogP contribution in [0.4, 0.5) is 5.69 Å². The molecule has 24 heavy (non-hydrogen) atoms. The summed E-state index contributed by atoms with van der Waals surface area (Å²) in [6, 6.07) is 15.2. The Balaban J connectivity index is 1.97. The number of fused-ring (bicyclic) bond motifs is 1. The zero-order valence-corrected chi connectivity index (χ0v) is 14.9. The van der Waals surface area contributed by atoms with Crippen LogP contribution in [0.1, 0.15) is 12.6 Å². The first-order chi connectivity index (χ1) is 11.6. The Morgan fingerprint density at radius 2 is 1.96 bits per heavy atom. The first-order valence-electron chi connectivity index (χ1n) is 7.78. The second kappa shape index (κ2) is 7.02. The number of anilines is 1. The minimum Gasteiger partial charge on any atom is -0.482 e. The standard InChI is InChI=1S/C18H20N3O2P/c1-3-20(14-7-9-15(24)10-8-14)12-13-11-17(22)21-16(19-13)5-4-6-18(21)23-2/h4-11H,3,12,24H2,1-2H3. The summed E-state index contributed by atoms with van der Waals surface area (Å²) in [5.74, 6) is 0.486. The van der Waals surface area contributed by atoms with E-state index in [1.807, 2.05) is 12.1 Å². The van der Waals surface area contributed by atoms with E-state index in [9.17, 15) is 4.79 Å². The van der Waals surface area contributed by atoms with Crippen molar-refractivity contribution in [2.45, 2.75) is 13.5 Å². The molecule has 0 radical (unpaired) electrons. The van der Waals surface area contributed by atoms with Gasteiger partial charge < -0.3 is 9.64 Å². The molecule has 2 heterocycles. The molecule has 6 heteroatoms. The van der Waals surface area contributed by atoms with Crippen LogP contribution in [0.5, 0.6) is 5.88 Å². The molecule has 1 unspecified atom stereocenters. The van der Waals surface area contributed by atoms with Crippen LogP contribution in [-0.2, 0) is 6.54 Å². The lowest BCUT2D eigenvalue weighted by atomic mass is 10.2. The fourth-order valence-electron chi connectivity index (χ4n) is 2.68. The molecule has 3 aromatic rings. The van der Waals surface area contributed by atoms with Gasteiger partial charge in [0.2, 0.25) is 5.88 Å². The molecule has 0 saturated heterocycles. The summed E-state index contributed by atoms with van der Waals surface area (Å²) in [7, 11) is 4.23. The van der Waals surface area contributed by atoms with Gasteiger partial charge in [-0.2, -0.15) is 0 Å². The Bertz CT molecular complexity index is 906. The predicted octanol–water partition coefficient (Wildman–Crippen LogP) is 2.23. The number of hydrogen-bond donors (Lipinski definition) is 0. The predicted molar refractivity (Wildman–Crippen MR) is 101 cm³/mol. The smallest absolute Gasteiger partial charge is 0.261 e. The van der Waals surface area contributed by atoms with Crippen molar-refractivity contribution in [2.24, 2.45) is 0 Å². The molecule has 3 rings (SSSR count). The van der Waals surface area contributed by atoms with E-state index in [0.717, 1.165) is 23.2 Å². The quantitative estimate of drug-likeness (QED) is 0.668. The molecule has 2 aromatic heterocycles. The Kier molecular flexibility index (Phi) is 4.81. The minimum atomic E-state index is -0.135. The molecule has 0 aliphatic heterocycles. The third-order valence-electron chi connectivity index (χ3n) is 3.90. The molecular weight excluding hydrogens is 321 g/mol. The third kappa shape index (κ3) is 3.26. The summed E-state index contributed by atoms with van der Waals surface area (Å²) in [4.78, 5) is 19.2. The van der Waals surface area contributed by atoms with Gasteiger partial charge >= 0.3 is 0 Å². The van der Waals surface area contributed by atoms with Crippen molar-refractivity contribution in [3.63, 3.8) is 0 Å². The Labute approximate surface area is 143 Å². The van der Waals surface area contributed by atoms with Gasteiger partial charge in [0, 0.05) is 18.3 Å². The van der Waals surface area contributed by atoms with Crippen LogP contribution in [0, 0.1) is 0 Å². The van der Waals surface area contributed by atoms with Gasteiger partial charge in [0.25, 0.3) is 5.56 Å². The molecule has 0 saturated carbocycles. The lowest BCUT2D eigenvalue weighted by molar-refractivity contribution is 0.390. The number of aromatic nitrogens is 2. The Morgan fingerprint density at radius 3 is 2.62 bits per heavy atom. The van der Waals surface area contributed by atoms with Gasteiger partial charge in [0.1, 0.15) is 5.65 Å². The van der Waals surface area contributed by atoms with Crippen LogP contribution in [0.25, 0.3) is 5.65 Å². The molecule has 124 valence electrons. The van der Waals surface area contributed by atoms with Crippen LogP contribution >= 0.6 is 9.24 Å². The van der Waals surface area contributed by atoms with Crippen molar-refractivity contribution < 1.29 is 4.74 Å². The molecule has 5 nitrogen and oxygen atoms in total. The first-order valence-corrected chi connectivity index (χ1v) is 8.36. The van der Waals surface area contributed by atoms with E-state index in [1.54, 1.807) is 19.2 Å². The van der Waals surface area contributed by atoms with Crippen LogP contribution in [0.15, 0.2) is 53.3 Å². The van der Waals surface area contributed by atoms with Crippen molar-refractivity contribution in [1.82, 2.24) is 9.38 Å². The average molecular weight is 341 g/mol. The molecule has 0 aliphatic rings. The molecule has 1 atom stereocenters. The maximum Gasteiger partial charge on any atom is 0.261 e. The number of benzene rings is 1. The SMILES string of the molecule is CCN(Cc1cc(=O)n2c(OC)cccc2n1)c1ccc(P)cc1. The van der Waals surface area contributed by atoms with Crippen molar-refractivity contribution in [2.75, 3.05) is 18.6 Å². The van der Waals surface area contributed by atoms with Gasteiger partial charge in [-0.3, -0.25) is 4.79 Å². The number of nitrogens with zero attached hydrogens (tertiary/aromatic N) is 3. The highest BCUT2D eigenvalue weighted by atomic mass is 31.0. The highest BCUT2D eigenvalue weighted by Gasteiger charge is 2.10. The summed E-state index contributed by atoms with van der Waals surface area (Å²) in [6.07, 6.45) is 0. The zero-order chi connectivity index (χ0) is 17.1. The average Bonchev–Trinajstić information content (AvgIpc) is 2.60. The maximum atomic E-state index is 12.5. The van der Waals surface area contributed by atoms with E-state index in [0.29, 0.717) is 18.1 Å². The van der Waals surface area contributed by atoms with Gasteiger partial charge in [0.05, 0.1) is 19.3 Å². The second-order valence-electron chi connectivity index (χ2n) is 5.45.